The lowest BCUT2D eigenvalue weighted by Crippen LogP contribution is -2.29. The third-order valence-corrected chi connectivity index (χ3v) is 7.71. The molecule has 1 amide bonds. The Bertz CT molecular complexity index is 1450. The molecule has 0 bridgehead atoms. The molecule has 208 valence electrons. The maximum Gasteiger partial charge on any atom is 0.335 e. The smallest absolute Gasteiger partial charge is 0.335 e. The van der Waals surface area contributed by atoms with Crippen molar-refractivity contribution in [3.05, 3.63) is 89.3 Å². The molecule has 9 heteroatoms. The number of hydrogen-bond donors (Lipinski definition) is 2. The van der Waals surface area contributed by atoms with Crippen LogP contribution in [0.25, 0.3) is 11.3 Å². The highest BCUT2D eigenvalue weighted by molar-refractivity contribution is 7.14. The molecule has 0 atom stereocenters. The van der Waals surface area contributed by atoms with Gasteiger partial charge in [0.05, 0.1) is 11.3 Å². The van der Waals surface area contributed by atoms with E-state index in [4.69, 9.17) is 4.98 Å². The topological polar surface area (TPSA) is 85.8 Å². The fourth-order valence-electron chi connectivity index (χ4n) is 4.83. The van der Waals surface area contributed by atoms with E-state index in [0.717, 1.165) is 35.2 Å². The molecule has 2 N–H and O–H groups in total. The van der Waals surface area contributed by atoms with Gasteiger partial charge in [-0.25, -0.2) is 9.78 Å². The van der Waals surface area contributed by atoms with Crippen LogP contribution < -0.4 is 15.1 Å². The first-order valence-corrected chi connectivity index (χ1v) is 14.1. The summed E-state index contributed by atoms with van der Waals surface area (Å²) in [5, 5.41) is 15.2. The average Bonchev–Trinajstić information content (AvgIpc) is 3.43. The van der Waals surface area contributed by atoms with Crippen LogP contribution >= 0.6 is 23.7 Å². The van der Waals surface area contributed by atoms with Crippen LogP contribution in [0.5, 0.6) is 0 Å². The summed E-state index contributed by atoms with van der Waals surface area (Å²) in [4.78, 5) is 33.5. The van der Waals surface area contributed by atoms with Gasteiger partial charge in [0.1, 0.15) is 0 Å². The van der Waals surface area contributed by atoms with E-state index in [1.807, 2.05) is 78.7 Å². The number of aromatic carboxylic acids is 1. The van der Waals surface area contributed by atoms with Crippen LogP contribution in [0.2, 0.25) is 0 Å². The predicted molar refractivity (Wildman–Crippen MR) is 166 cm³/mol. The SMILES string of the molecule is CC(C)N(c1cccc(C(=O)O)c1)c1nc(-c2ccc(NC(=O)c3ccc(N4CCCCC4)cc3)cc2)cs1.Cl. The lowest BCUT2D eigenvalue weighted by atomic mass is 10.1. The molecule has 3 aromatic carbocycles. The molecule has 0 spiro atoms. The lowest BCUT2D eigenvalue weighted by Gasteiger charge is -2.28. The molecular formula is C31H33ClN4O3S. The number of thiazole rings is 1. The first-order valence-electron chi connectivity index (χ1n) is 13.2. The third-order valence-electron chi connectivity index (χ3n) is 6.88. The highest BCUT2D eigenvalue weighted by Crippen LogP contribution is 2.34. The summed E-state index contributed by atoms with van der Waals surface area (Å²) in [6, 6.07) is 22.5. The number of nitrogens with one attached hydrogen (secondary N) is 1. The zero-order valence-corrected chi connectivity index (χ0v) is 24.2. The molecule has 2 heterocycles. The first kappa shape index (κ1) is 29.1. The minimum Gasteiger partial charge on any atom is -0.478 e. The van der Waals surface area contributed by atoms with Crippen molar-refractivity contribution < 1.29 is 14.7 Å². The molecule has 1 aliphatic rings. The van der Waals surface area contributed by atoms with Crippen LogP contribution in [0.1, 0.15) is 53.8 Å². The summed E-state index contributed by atoms with van der Waals surface area (Å²) in [6.45, 7) is 6.25. The molecule has 1 fully saturated rings. The van der Waals surface area contributed by atoms with Gasteiger partial charge < -0.3 is 20.2 Å². The van der Waals surface area contributed by atoms with Crippen molar-refractivity contribution in [3.8, 4) is 11.3 Å². The van der Waals surface area contributed by atoms with Crippen molar-refractivity contribution >= 4 is 57.8 Å². The van der Waals surface area contributed by atoms with Crippen LogP contribution in [-0.4, -0.2) is 41.1 Å². The van der Waals surface area contributed by atoms with Gasteiger partial charge in [0.2, 0.25) is 0 Å². The molecule has 0 aliphatic carbocycles. The van der Waals surface area contributed by atoms with Crippen molar-refractivity contribution in [2.75, 3.05) is 28.2 Å². The highest BCUT2D eigenvalue weighted by Gasteiger charge is 2.19. The van der Waals surface area contributed by atoms with E-state index in [0.29, 0.717) is 11.3 Å². The summed E-state index contributed by atoms with van der Waals surface area (Å²) in [5.74, 6) is -1.10. The van der Waals surface area contributed by atoms with E-state index in [1.165, 1.54) is 36.3 Å². The molecule has 0 saturated carbocycles. The molecule has 0 unspecified atom stereocenters. The fraction of sp³-hybridized carbons (Fsp3) is 0.258. The quantitative estimate of drug-likeness (QED) is 0.223. The van der Waals surface area contributed by atoms with E-state index >= 15 is 0 Å². The second-order valence-electron chi connectivity index (χ2n) is 9.96. The van der Waals surface area contributed by atoms with Gasteiger partial charge in [-0.15, -0.1) is 23.7 Å². The number of carbonyl (C=O) groups is 2. The minimum absolute atomic E-state index is 0. The number of rotatable bonds is 8. The van der Waals surface area contributed by atoms with E-state index in [-0.39, 0.29) is 29.9 Å². The number of aromatic nitrogens is 1. The van der Waals surface area contributed by atoms with E-state index in [9.17, 15) is 14.7 Å². The van der Waals surface area contributed by atoms with Crippen LogP contribution in [-0.2, 0) is 0 Å². The zero-order chi connectivity index (χ0) is 27.4. The first-order chi connectivity index (χ1) is 18.9. The van der Waals surface area contributed by atoms with E-state index in [1.54, 1.807) is 18.2 Å². The van der Waals surface area contributed by atoms with Crippen molar-refractivity contribution in [1.29, 1.82) is 0 Å². The Morgan fingerprint density at radius 3 is 2.30 bits per heavy atom. The maximum atomic E-state index is 12.8. The number of hydrogen-bond acceptors (Lipinski definition) is 6. The standard InChI is InChI=1S/C31H32N4O3S.ClH/c1-21(2)35(27-8-6-7-24(19-27)30(37)38)31-33-28(20-39-31)22-9-13-25(14-10-22)32-29(36)23-11-15-26(16-12-23)34-17-4-3-5-18-34;/h6-16,19-21H,3-5,17-18H2,1-2H3,(H,32,36)(H,37,38);1H. The van der Waals surface area contributed by atoms with Crippen LogP contribution in [0.4, 0.5) is 22.2 Å². The van der Waals surface area contributed by atoms with Gasteiger partial charge in [0.25, 0.3) is 5.91 Å². The van der Waals surface area contributed by atoms with Gasteiger partial charge in [0.15, 0.2) is 5.13 Å². The van der Waals surface area contributed by atoms with Crippen molar-refractivity contribution in [3.63, 3.8) is 0 Å². The summed E-state index contributed by atoms with van der Waals surface area (Å²) in [7, 11) is 0. The number of benzene rings is 3. The van der Waals surface area contributed by atoms with Gasteiger partial charge in [0, 0.05) is 52.7 Å². The highest BCUT2D eigenvalue weighted by atomic mass is 35.5. The Morgan fingerprint density at radius 2 is 1.65 bits per heavy atom. The van der Waals surface area contributed by atoms with Gasteiger partial charge in [-0.3, -0.25) is 4.79 Å². The Labute approximate surface area is 244 Å². The predicted octanol–water partition coefficient (Wildman–Crippen LogP) is 7.72. The second-order valence-corrected chi connectivity index (χ2v) is 10.8. The largest absolute Gasteiger partial charge is 0.478 e. The van der Waals surface area contributed by atoms with Crippen LogP contribution in [0.3, 0.4) is 0 Å². The Balaban J connectivity index is 0.00000370. The summed E-state index contributed by atoms with van der Waals surface area (Å²) in [5.41, 5.74) is 5.30. The number of amides is 1. The molecule has 4 aromatic rings. The van der Waals surface area contributed by atoms with Crippen molar-refractivity contribution in [1.82, 2.24) is 4.98 Å². The molecule has 0 radical (unpaired) electrons. The fourth-order valence-corrected chi connectivity index (χ4v) is 5.82. The Kier molecular flexibility index (Phi) is 9.45. The third kappa shape index (κ3) is 6.63. The summed E-state index contributed by atoms with van der Waals surface area (Å²) < 4.78 is 0. The summed E-state index contributed by atoms with van der Waals surface area (Å²) >= 11 is 1.51. The van der Waals surface area contributed by atoms with E-state index in [2.05, 4.69) is 10.2 Å². The minimum atomic E-state index is -0.956. The van der Waals surface area contributed by atoms with Gasteiger partial charge >= 0.3 is 5.97 Å². The number of carboxylic acid groups (broad SMARTS) is 1. The molecular weight excluding hydrogens is 544 g/mol. The van der Waals surface area contributed by atoms with Gasteiger partial charge in [-0.2, -0.15) is 0 Å². The number of anilines is 4. The van der Waals surface area contributed by atoms with Crippen molar-refractivity contribution in [2.24, 2.45) is 0 Å². The van der Waals surface area contributed by atoms with Crippen LogP contribution in [0.15, 0.2) is 78.2 Å². The zero-order valence-electron chi connectivity index (χ0n) is 22.5. The number of carboxylic acids is 1. The normalized spacial score (nSPS) is 13.0. The molecule has 1 saturated heterocycles. The van der Waals surface area contributed by atoms with Crippen molar-refractivity contribution in [2.45, 2.75) is 39.2 Å². The average molecular weight is 577 g/mol. The molecule has 1 aromatic heterocycles. The van der Waals surface area contributed by atoms with E-state index < -0.39 is 5.97 Å². The maximum absolute atomic E-state index is 12.8. The molecule has 7 nitrogen and oxygen atoms in total. The lowest BCUT2D eigenvalue weighted by molar-refractivity contribution is 0.0696. The number of carbonyl (C=O) groups excluding carboxylic acids is 1. The van der Waals surface area contributed by atoms with Gasteiger partial charge in [-0.05, 0) is 87.7 Å². The Morgan fingerprint density at radius 1 is 0.950 bits per heavy atom. The number of halogens is 1. The molecule has 1 aliphatic heterocycles. The van der Waals surface area contributed by atoms with Crippen LogP contribution in [0, 0.1) is 0 Å². The molecule has 5 rings (SSSR count). The number of nitrogens with zero attached hydrogens (tertiary/aromatic N) is 3. The number of piperidine rings is 1. The monoisotopic (exact) mass is 576 g/mol. The second kappa shape index (κ2) is 13.0. The van der Waals surface area contributed by atoms with Gasteiger partial charge in [-0.1, -0.05) is 18.2 Å². The molecule has 40 heavy (non-hydrogen) atoms. The Hall–Kier alpha value is -3.88. The summed E-state index contributed by atoms with van der Waals surface area (Å²) in [6.07, 6.45) is 3.73.